The molecule has 0 saturated heterocycles. The van der Waals surface area contributed by atoms with E-state index >= 15 is 0 Å². The predicted octanol–water partition coefficient (Wildman–Crippen LogP) is 3.94. The Labute approximate surface area is 119 Å². The molecule has 0 aromatic heterocycles. The highest BCUT2D eigenvalue weighted by molar-refractivity contribution is 5.97. The zero-order chi connectivity index (χ0) is 14.8. The normalized spacial score (nSPS) is 10.2. The van der Waals surface area contributed by atoms with Gasteiger partial charge in [-0.15, -0.1) is 0 Å². The lowest BCUT2D eigenvalue weighted by Gasteiger charge is -2.08. The Kier molecular flexibility index (Phi) is 7.40. The molecule has 4 nitrogen and oxygen atoms in total. The van der Waals surface area contributed by atoms with Crippen LogP contribution < -0.4 is 4.74 Å². The van der Waals surface area contributed by atoms with Crippen LogP contribution in [0.1, 0.15) is 66.2 Å². The van der Waals surface area contributed by atoms with Gasteiger partial charge >= 0.3 is 5.97 Å². The van der Waals surface area contributed by atoms with Crippen molar-refractivity contribution in [2.45, 2.75) is 45.4 Å². The van der Waals surface area contributed by atoms with E-state index in [0.29, 0.717) is 18.6 Å². The van der Waals surface area contributed by atoms with E-state index in [1.165, 1.54) is 37.8 Å². The summed E-state index contributed by atoms with van der Waals surface area (Å²) >= 11 is 0. The van der Waals surface area contributed by atoms with Crippen LogP contribution in [-0.2, 0) is 0 Å². The molecule has 0 unspecified atom stereocenters. The molecule has 20 heavy (non-hydrogen) atoms. The summed E-state index contributed by atoms with van der Waals surface area (Å²) in [6.45, 7) is 2.76. The highest BCUT2D eigenvalue weighted by atomic mass is 16.5. The van der Waals surface area contributed by atoms with E-state index in [9.17, 15) is 9.59 Å². The van der Waals surface area contributed by atoms with Crippen LogP contribution in [0.15, 0.2) is 18.2 Å². The minimum Gasteiger partial charge on any atom is -0.494 e. The average Bonchev–Trinajstić information content (AvgIpc) is 2.46. The van der Waals surface area contributed by atoms with Crippen molar-refractivity contribution in [3.8, 4) is 5.75 Å². The van der Waals surface area contributed by atoms with Gasteiger partial charge in [0.1, 0.15) is 5.75 Å². The second kappa shape index (κ2) is 9.13. The number of unbranched alkanes of at least 4 members (excludes halogenated alkanes) is 5. The number of aldehydes is 1. The van der Waals surface area contributed by atoms with Crippen LogP contribution in [0.2, 0.25) is 0 Å². The first-order chi connectivity index (χ1) is 9.69. The predicted molar refractivity (Wildman–Crippen MR) is 77.7 cm³/mol. The van der Waals surface area contributed by atoms with Gasteiger partial charge in [0.25, 0.3) is 0 Å². The molecule has 0 aliphatic rings. The molecule has 0 bridgehead atoms. The second-order valence-corrected chi connectivity index (χ2v) is 4.79. The van der Waals surface area contributed by atoms with Gasteiger partial charge in [0.05, 0.1) is 12.2 Å². The number of hydrogen-bond acceptors (Lipinski definition) is 3. The molecule has 0 aliphatic carbocycles. The van der Waals surface area contributed by atoms with Gasteiger partial charge < -0.3 is 9.84 Å². The zero-order valence-corrected chi connectivity index (χ0v) is 11.9. The number of aromatic carboxylic acids is 1. The van der Waals surface area contributed by atoms with Gasteiger partial charge in [-0.3, -0.25) is 4.79 Å². The van der Waals surface area contributed by atoms with E-state index in [-0.39, 0.29) is 11.1 Å². The molecule has 0 heterocycles. The Morgan fingerprint density at radius 2 is 1.90 bits per heavy atom. The first kappa shape index (κ1) is 16.2. The third-order valence-corrected chi connectivity index (χ3v) is 3.15. The van der Waals surface area contributed by atoms with Crippen molar-refractivity contribution < 1.29 is 19.4 Å². The molecular formula is C16H22O4. The summed E-state index contributed by atoms with van der Waals surface area (Å²) in [5.41, 5.74) is 0.157. The molecule has 0 spiro atoms. The maximum absolute atomic E-state index is 11.0. The molecule has 0 atom stereocenters. The molecule has 0 saturated carbocycles. The van der Waals surface area contributed by atoms with E-state index in [1.807, 2.05) is 0 Å². The number of carbonyl (C=O) groups is 2. The lowest BCUT2D eigenvalue weighted by molar-refractivity contribution is 0.0693. The zero-order valence-electron chi connectivity index (χ0n) is 11.9. The van der Waals surface area contributed by atoms with Crippen molar-refractivity contribution in [3.63, 3.8) is 0 Å². The Morgan fingerprint density at radius 1 is 1.20 bits per heavy atom. The van der Waals surface area contributed by atoms with Gasteiger partial charge in [0, 0.05) is 5.56 Å². The van der Waals surface area contributed by atoms with Crippen molar-refractivity contribution >= 4 is 12.3 Å². The molecule has 1 N–H and O–H groups in total. The lowest BCUT2D eigenvalue weighted by atomic mass is 10.1. The van der Waals surface area contributed by atoms with Crippen molar-refractivity contribution in [2.75, 3.05) is 6.61 Å². The second-order valence-electron chi connectivity index (χ2n) is 4.79. The van der Waals surface area contributed by atoms with Gasteiger partial charge in [-0.2, -0.15) is 0 Å². The highest BCUT2D eigenvalue weighted by Gasteiger charge is 2.10. The van der Waals surface area contributed by atoms with E-state index < -0.39 is 5.97 Å². The molecular weight excluding hydrogens is 256 g/mol. The molecule has 110 valence electrons. The number of carbonyl (C=O) groups excluding carboxylic acids is 1. The number of carboxylic acids is 1. The lowest BCUT2D eigenvalue weighted by Crippen LogP contribution is -2.04. The molecule has 1 rings (SSSR count). The van der Waals surface area contributed by atoms with E-state index in [1.54, 1.807) is 6.07 Å². The molecule has 1 aromatic carbocycles. The fraction of sp³-hybridized carbons (Fsp3) is 0.500. The molecule has 4 heteroatoms. The third kappa shape index (κ3) is 5.43. The molecule has 0 aliphatic heterocycles. The maximum Gasteiger partial charge on any atom is 0.336 e. The Morgan fingerprint density at radius 3 is 2.55 bits per heavy atom. The largest absolute Gasteiger partial charge is 0.494 e. The summed E-state index contributed by atoms with van der Waals surface area (Å²) < 4.78 is 5.52. The fourth-order valence-electron chi connectivity index (χ4n) is 1.99. The first-order valence-corrected chi connectivity index (χ1v) is 7.14. The molecule has 0 amide bonds. The minimum absolute atomic E-state index is 0.0135. The van der Waals surface area contributed by atoms with Crippen molar-refractivity contribution in [1.82, 2.24) is 0 Å². The van der Waals surface area contributed by atoms with Gasteiger partial charge in [-0.05, 0) is 24.6 Å². The standard InChI is InChI=1S/C16H22O4/c1-2-3-4-5-6-7-10-20-14-9-8-13(12-17)15(11-14)16(18)19/h8-9,11-12H,2-7,10H2,1H3,(H,18,19). The van der Waals surface area contributed by atoms with Crippen LogP contribution in [0.25, 0.3) is 0 Å². The summed E-state index contributed by atoms with van der Waals surface area (Å²) in [4.78, 5) is 21.7. The van der Waals surface area contributed by atoms with Crippen molar-refractivity contribution in [2.24, 2.45) is 0 Å². The summed E-state index contributed by atoms with van der Waals surface area (Å²) in [7, 11) is 0. The minimum atomic E-state index is -1.11. The van der Waals surface area contributed by atoms with Gasteiger partial charge in [0.15, 0.2) is 6.29 Å². The van der Waals surface area contributed by atoms with Crippen LogP contribution in [0.3, 0.4) is 0 Å². The summed E-state index contributed by atoms with van der Waals surface area (Å²) in [6, 6.07) is 4.52. The van der Waals surface area contributed by atoms with Gasteiger partial charge in [-0.25, -0.2) is 4.79 Å². The van der Waals surface area contributed by atoms with Crippen LogP contribution >= 0.6 is 0 Å². The fourth-order valence-corrected chi connectivity index (χ4v) is 1.99. The smallest absolute Gasteiger partial charge is 0.336 e. The Balaban J connectivity index is 2.39. The number of carboxylic acid groups (broad SMARTS) is 1. The molecule has 0 fully saturated rings. The van der Waals surface area contributed by atoms with E-state index in [2.05, 4.69) is 6.92 Å². The summed E-state index contributed by atoms with van der Waals surface area (Å²) in [6.07, 6.45) is 7.60. The topological polar surface area (TPSA) is 63.6 Å². The number of benzene rings is 1. The average molecular weight is 278 g/mol. The number of hydrogen-bond donors (Lipinski definition) is 1. The summed E-state index contributed by atoms with van der Waals surface area (Å²) in [5.74, 6) is -0.612. The van der Waals surface area contributed by atoms with E-state index in [0.717, 1.165) is 12.8 Å². The van der Waals surface area contributed by atoms with E-state index in [4.69, 9.17) is 9.84 Å². The third-order valence-electron chi connectivity index (χ3n) is 3.15. The van der Waals surface area contributed by atoms with Crippen LogP contribution in [-0.4, -0.2) is 24.0 Å². The number of ether oxygens (including phenoxy) is 1. The molecule has 1 aromatic rings. The number of rotatable bonds is 10. The summed E-state index contributed by atoms with van der Waals surface area (Å²) in [5, 5.41) is 9.00. The van der Waals surface area contributed by atoms with Crippen LogP contribution in [0.5, 0.6) is 5.75 Å². The van der Waals surface area contributed by atoms with Gasteiger partial charge in [0.2, 0.25) is 0 Å². The monoisotopic (exact) mass is 278 g/mol. The molecule has 0 radical (unpaired) electrons. The Bertz CT molecular complexity index is 440. The maximum atomic E-state index is 11.0. The first-order valence-electron chi connectivity index (χ1n) is 7.14. The Hall–Kier alpha value is -1.84. The van der Waals surface area contributed by atoms with Gasteiger partial charge in [-0.1, -0.05) is 39.0 Å². The van der Waals surface area contributed by atoms with Crippen molar-refractivity contribution in [1.29, 1.82) is 0 Å². The SMILES string of the molecule is CCCCCCCCOc1ccc(C=O)c(C(=O)O)c1. The van der Waals surface area contributed by atoms with Crippen LogP contribution in [0, 0.1) is 0 Å². The van der Waals surface area contributed by atoms with Crippen molar-refractivity contribution in [3.05, 3.63) is 29.3 Å². The highest BCUT2D eigenvalue weighted by Crippen LogP contribution is 2.17. The van der Waals surface area contributed by atoms with Crippen LogP contribution in [0.4, 0.5) is 0 Å². The quantitative estimate of drug-likeness (QED) is 0.520.